The van der Waals surface area contributed by atoms with E-state index in [1.807, 2.05) is 12.1 Å². The minimum absolute atomic E-state index is 0.465. The third-order valence-electron chi connectivity index (χ3n) is 3.82. The molecule has 0 saturated heterocycles. The first-order valence-electron chi connectivity index (χ1n) is 7.23. The summed E-state index contributed by atoms with van der Waals surface area (Å²) in [6.07, 6.45) is 9.83. The lowest BCUT2D eigenvalue weighted by atomic mass is 9.96. The van der Waals surface area contributed by atoms with Gasteiger partial charge in [-0.15, -0.1) is 0 Å². The summed E-state index contributed by atoms with van der Waals surface area (Å²) >= 11 is 0. The molecule has 3 rings (SSSR count). The smallest absolute Gasteiger partial charge is 0.183 e. The van der Waals surface area contributed by atoms with E-state index in [0.717, 1.165) is 17.2 Å². The molecule has 1 aliphatic rings. The van der Waals surface area contributed by atoms with Gasteiger partial charge in [0, 0.05) is 25.1 Å². The maximum atomic E-state index is 5.27. The van der Waals surface area contributed by atoms with E-state index in [-0.39, 0.29) is 0 Å². The Kier molecular flexibility index (Phi) is 4.06. The Morgan fingerprint density at radius 3 is 2.85 bits per heavy atom. The predicted molar refractivity (Wildman–Crippen MR) is 76.1 cm³/mol. The van der Waals surface area contributed by atoms with E-state index >= 15 is 0 Å². The molecule has 20 heavy (non-hydrogen) atoms. The van der Waals surface area contributed by atoms with Crippen LogP contribution in [0.2, 0.25) is 0 Å². The topological polar surface area (TPSA) is 52.8 Å². The molecule has 0 spiro atoms. The van der Waals surface area contributed by atoms with E-state index in [1.165, 1.54) is 32.1 Å². The highest BCUT2D eigenvalue weighted by Crippen LogP contribution is 2.29. The normalized spacial score (nSPS) is 16.4. The lowest BCUT2D eigenvalue weighted by Crippen LogP contribution is -2.17. The molecule has 0 aromatic carbocycles. The first-order valence-corrected chi connectivity index (χ1v) is 7.23. The molecule has 0 atom stereocenters. The molecule has 5 heteroatoms. The number of methoxy groups -OCH3 is 1. The second-order valence-corrected chi connectivity index (χ2v) is 5.26. The minimum atomic E-state index is 0.465. The second-order valence-electron chi connectivity index (χ2n) is 5.26. The first kappa shape index (κ1) is 13.2. The Morgan fingerprint density at radius 2 is 2.15 bits per heavy atom. The van der Waals surface area contributed by atoms with Crippen LogP contribution >= 0.6 is 0 Å². The average Bonchev–Trinajstić information content (AvgIpc) is 2.94. The van der Waals surface area contributed by atoms with Gasteiger partial charge in [-0.1, -0.05) is 19.3 Å². The molecular formula is C15H20N4O. The van der Waals surface area contributed by atoms with Crippen LogP contribution in [0.15, 0.2) is 24.5 Å². The van der Waals surface area contributed by atoms with Gasteiger partial charge in [0.05, 0.1) is 6.04 Å². The summed E-state index contributed by atoms with van der Waals surface area (Å²) in [5.74, 6) is 1.66. The largest absolute Gasteiger partial charge is 0.377 e. The molecule has 0 aliphatic heterocycles. The van der Waals surface area contributed by atoms with E-state index in [4.69, 9.17) is 9.84 Å². The van der Waals surface area contributed by atoms with Crippen molar-refractivity contribution in [3.8, 4) is 11.4 Å². The van der Waals surface area contributed by atoms with Gasteiger partial charge in [0.2, 0.25) is 0 Å². The Balaban J connectivity index is 1.93. The standard InChI is InChI=1S/C15H20N4O/c1-20-11-14-17-15(12-6-5-9-16-10-12)18-19(14)13-7-3-2-4-8-13/h5-6,9-10,13H,2-4,7-8,11H2,1H3. The van der Waals surface area contributed by atoms with Crippen LogP contribution in [0.25, 0.3) is 11.4 Å². The summed E-state index contributed by atoms with van der Waals surface area (Å²) in [6, 6.07) is 4.36. The summed E-state index contributed by atoms with van der Waals surface area (Å²) in [7, 11) is 1.70. The number of pyridine rings is 1. The molecule has 1 saturated carbocycles. The molecule has 106 valence electrons. The highest BCUT2D eigenvalue weighted by Gasteiger charge is 2.21. The number of ether oxygens (including phenoxy) is 1. The SMILES string of the molecule is COCc1nc(-c2cccnc2)nn1C1CCCCC1. The molecular weight excluding hydrogens is 252 g/mol. The molecule has 5 nitrogen and oxygen atoms in total. The molecule has 0 amide bonds. The summed E-state index contributed by atoms with van der Waals surface area (Å²) in [5, 5.41) is 4.71. The van der Waals surface area contributed by atoms with E-state index in [0.29, 0.717) is 12.6 Å². The van der Waals surface area contributed by atoms with Crippen LogP contribution in [0.5, 0.6) is 0 Å². The zero-order valence-corrected chi connectivity index (χ0v) is 11.8. The van der Waals surface area contributed by atoms with Crippen molar-refractivity contribution in [2.75, 3.05) is 7.11 Å². The molecule has 0 N–H and O–H groups in total. The summed E-state index contributed by atoms with van der Waals surface area (Å²) < 4.78 is 7.34. The molecule has 0 bridgehead atoms. The van der Waals surface area contributed by atoms with Gasteiger partial charge in [-0.05, 0) is 25.0 Å². The van der Waals surface area contributed by atoms with Crippen molar-refractivity contribution >= 4 is 0 Å². The number of aromatic nitrogens is 4. The maximum Gasteiger partial charge on any atom is 0.183 e. The quantitative estimate of drug-likeness (QED) is 0.858. The molecule has 1 fully saturated rings. The van der Waals surface area contributed by atoms with Gasteiger partial charge in [-0.25, -0.2) is 9.67 Å². The summed E-state index contributed by atoms with van der Waals surface area (Å²) in [6.45, 7) is 0.504. The number of rotatable bonds is 4. The van der Waals surface area contributed by atoms with Crippen molar-refractivity contribution in [2.24, 2.45) is 0 Å². The number of nitrogens with zero attached hydrogens (tertiary/aromatic N) is 4. The molecule has 0 radical (unpaired) electrons. The zero-order valence-electron chi connectivity index (χ0n) is 11.8. The molecule has 2 aromatic heterocycles. The van der Waals surface area contributed by atoms with E-state index in [2.05, 4.69) is 14.6 Å². The van der Waals surface area contributed by atoms with Crippen LogP contribution in [0, 0.1) is 0 Å². The van der Waals surface area contributed by atoms with Gasteiger partial charge in [-0.3, -0.25) is 4.98 Å². The Labute approximate surface area is 119 Å². The van der Waals surface area contributed by atoms with Crippen LogP contribution in [-0.2, 0) is 11.3 Å². The highest BCUT2D eigenvalue weighted by atomic mass is 16.5. The van der Waals surface area contributed by atoms with Crippen molar-refractivity contribution in [2.45, 2.75) is 44.8 Å². The van der Waals surface area contributed by atoms with E-state index < -0.39 is 0 Å². The zero-order chi connectivity index (χ0) is 13.8. The average molecular weight is 272 g/mol. The highest BCUT2D eigenvalue weighted by molar-refractivity contribution is 5.52. The van der Waals surface area contributed by atoms with Gasteiger partial charge in [0.15, 0.2) is 11.6 Å². The van der Waals surface area contributed by atoms with Gasteiger partial charge >= 0.3 is 0 Å². The molecule has 2 aromatic rings. The lowest BCUT2D eigenvalue weighted by molar-refractivity contribution is 0.167. The molecule has 2 heterocycles. The van der Waals surface area contributed by atoms with Gasteiger partial charge in [-0.2, -0.15) is 5.10 Å². The van der Waals surface area contributed by atoms with E-state index in [9.17, 15) is 0 Å². The molecule has 0 unspecified atom stereocenters. The first-order chi connectivity index (χ1) is 9.88. The van der Waals surface area contributed by atoms with Crippen LogP contribution in [0.4, 0.5) is 0 Å². The number of hydrogen-bond acceptors (Lipinski definition) is 4. The summed E-state index contributed by atoms with van der Waals surface area (Å²) in [4.78, 5) is 8.77. The third kappa shape index (κ3) is 2.72. The number of hydrogen-bond donors (Lipinski definition) is 0. The minimum Gasteiger partial charge on any atom is -0.377 e. The summed E-state index contributed by atoms with van der Waals surface area (Å²) in [5.41, 5.74) is 0.958. The monoisotopic (exact) mass is 272 g/mol. The van der Waals surface area contributed by atoms with Crippen LogP contribution < -0.4 is 0 Å². The van der Waals surface area contributed by atoms with Gasteiger partial charge in [0.25, 0.3) is 0 Å². The van der Waals surface area contributed by atoms with Gasteiger partial charge in [0.1, 0.15) is 6.61 Å². The van der Waals surface area contributed by atoms with E-state index in [1.54, 1.807) is 19.5 Å². The van der Waals surface area contributed by atoms with Crippen molar-refractivity contribution in [1.29, 1.82) is 0 Å². The third-order valence-corrected chi connectivity index (χ3v) is 3.82. The molecule has 1 aliphatic carbocycles. The van der Waals surface area contributed by atoms with Crippen LogP contribution in [0.1, 0.15) is 44.0 Å². The fourth-order valence-electron chi connectivity index (χ4n) is 2.82. The van der Waals surface area contributed by atoms with Crippen molar-refractivity contribution < 1.29 is 4.74 Å². The van der Waals surface area contributed by atoms with Crippen LogP contribution in [-0.4, -0.2) is 26.9 Å². The maximum absolute atomic E-state index is 5.27. The second kappa shape index (κ2) is 6.13. The predicted octanol–water partition coefficient (Wildman–Crippen LogP) is 2.99. The fraction of sp³-hybridized carbons (Fsp3) is 0.533. The van der Waals surface area contributed by atoms with Crippen molar-refractivity contribution in [1.82, 2.24) is 19.7 Å². The Hall–Kier alpha value is -1.75. The van der Waals surface area contributed by atoms with Gasteiger partial charge < -0.3 is 4.74 Å². The Morgan fingerprint density at radius 1 is 1.30 bits per heavy atom. The van der Waals surface area contributed by atoms with Crippen molar-refractivity contribution in [3.63, 3.8) is 0 Å². The lowest BCUT2D eigenvalue weighted by Gasteiger charge is -2.22. The van der Waals surface area contributed by atoms with Crippen LogP contribution in [0.3, 0.4) is 0 Å². The Bertz CT molecular complexity index is 546. The fourth-order valence-corrected chi connectivity index (χ4v) is 2.82. The van der Waals surface area contributed by atoms with Crippen molar-refractivity contribution in [3.05, 3.63) is 30.4 Å².